The summed E-state index contributed by atoms with van der Waals surface area (Å²) in [6.07, 6.45) is 1.65. The van der Waals surface area contributed by atoms with Crippen LogP contribution in [0.15, 0.2) is 23.0 Å². The first-order valence-electron chi connectivity index (χ1n) is 7.46. The van der Waals surface area contributed by atoms with Crippen LogP contribution in [0.3, 0.4) is 0 Å². The molecule has 3 heterocycles. The van der Waals surface area contributed by atoms with E-state index in [1.54, 1.807) is 24.5 Å². The van der Waals surface area contributed by atoms with Crippen molar-refractivity contribution in [2.24, 2.45) is 0 Å². The number of thiophene rings is 1. The third-order valence-corrected chi connectivity index (χ3v) is 4.72. The highest BCUT2D eigenvalue weighted by molar-refractivity contribution is 7.07. The van der Waals surface area contributed by atoms with E-state index in [0.717, 1.165) is 44.4 Å². The maximum absolute atomic E-state index is 11.4. The van der Waals surface area contributed by atoms with Crippen molar-refractivity contribution in [3.63, 3.8) is 0 Å². The van der Waals surface area contributed by atoms with Gasteiger partial charge in [-0.05, 0) is 36.2 Å². The number of hydrogen-bond acceptors (Lipinski definition) is 6. The average Bonchev–Trinajstić information content (AvgIpc) is 3.00. The van der Waals surface area contributed by atoms with Gasteiger partial charge in [-0.1, -0.05) is 0 Å². The number of carbonyl (C=O) groups is 1. The van der Waals surface area contributed by atoms with Crippen LogP contribution < -0.4 is 4.90 Å². The van der Waals surface area contributed by atoms with Gasteiger partial charge in [-0.15, -0.1) is 0 Å². The maximum Gasteiger partial charge on any atom is 0.225 e. The van der Waals surface area contributed by atoms with E-state index in [9.17, 15) is 4.79 Å². The van der Waals surface area contributed by atoms with Crippen molar-refractivity contribution in [3.05, 3.63) is 39.8 Å². The van der Waals surface area contributed by atoms with Crippen LogP contribution in [0.25, 0.3) is 0 Å². The maximum atomic E-state index is 11.4. The number of piperazine rings is 1. The summed E-state index contributed by atoms with van der Waals surface area (Å²) >= 11 is 1.75. The van der Waals surface area contributed by atoms with Crippen molar-refractivity contribution in [2.45, 2.75) is 20.4 Å². The Morgan fingerprint density at radius 2 is 2.09 bits per heavy atom. The molecule has 6 heteroatoms. The van der Waals surface area contributed by atoms with Gasteiger partial charge in [0.25, 0.3) is 0 Å². The summed E-state index contributed by atoms with van der Waals surface area (Å²) in [6, 6.07) is 2.18. The number of anilines is 1. The van der Waals surface area contributed by atoms with Gasteiger partial charge < -0.3 is 4.90 Å². The van der Waals surface area contributed by atoms with E-state index in [1.165, 1.54) is 5.56 Å². The number of Topliss-reactive ketones (excluding diaryl/α,β-unsaturated/α-hetero) is 1. The molecule has 5 nitrogen and oxygen atoms in total. The van der Waals surface area contributed by atoms with Crippen LogP contribution in [0, 0.1) is 6.92 Å². The molecule has 1 aliphatic heterocycles. The first kappa shape index (κ1) is 15.1. The van der Waals surface area contributed by atoms with E-state index in [1.807, 2.05) is 6.92 Å². The molecule has 1 aliphatic rings. The molecular formula is C16H20N4OS. The largest absolute Gasteiger partial charge is 0.338 e. The van der Waals surface area contributed by atoms with Crippen LogP contribution in [0.4, 0.5) is 5.95 Å². The SMILES string of the molecule is CC(=O)c1cnc(N2CCN(Cc3ccsc3)CC2)nc1C. The molecule has 0 radical (unpaired) electrons. The Hall–Kier alpha value is -1.79. The predicted octanol–water partition coefficient (Wildman–Crippen LogP) is 2.37. The van der Waals surface area contributed by atoms with Crippen LogP contribution in [-0.2, 0) is 6.54 Å². The summed E-state index contributed by atoms with van der Waals surface area (Å²) in [5.41, 5.74) is 2.76. The van der Waals surface area contributed by atoms with Crippen LogP contribution >= 0.6 is 11.3 Å². The Balaban J connectivity index is 1.61. The first-order chi connectivity index (χ1) is 10.6. The van der Waals surface area contributed by atoms with Crippen molar-refractivity contribution >= 4 is 23.1 Å². The summed E-state index contributed by atoms with van der Waals surface area (Å²) in [4.78, 5) is 25.0. The monoisotopic (exact) mass is 316 g/mol. The fourth-order valence-corrected chi connectivity index (χ4v) is 3.36. The summed E-state index contributed by atoms with van der Waals surface area (Å²) in [5.74, 6) is 0.752. The van der Waals surface area contributed by atoms with E-state index in [-0.39, 0.29) is 5.78 Å². The molecule has 2 aromatic rings. The van der Waals surface area contributed by atoms with Crippen LogP contribution in [0.5, 0.6) is 0 Å². The lowest BCUT2D eigenvalue weighted by Gasteiger charge is -2.34. The molecule has 0 amide bonds. The lowest BCUT2D eigenvalue weighted by atomic mass is 10.2. The fourth-order valence-electron chi connectivity index (χ4n) is 2.70. The predicted molar refractivity (Wildman–Crippen MR) is 88.6 cm³/mol. The van der Waals surface area contributed by atoms with E-state index in [2.05, 4.69) is 36.6 Å². The van der Waals surface area contributed by atoms with Crippen LogP contribution in [-0.4, -0.2) is 46.8 Å². The molecule has 0 bridgehead atoms. The molecule has 0 spiro atoms. The Bertz CT molecular complexity index is 648. The van der Waals surface area contributed by atoms with Crippen LogP contribution in [0.2, 0.25) is 0 Å². The molecule has 0 N–H and O–H groups in total. The number of aromatic nitrogens is 2. The van der Waals surface area contributed by atoms with Gasteiger partial charge >= 0.3 is 0 Å². The number of aryl methyl sites for hydroxylation is 1. The Morgan fingerprint density at radius 1 is 1.32 bits per heavy atom. The van der Waals surface area contributed by atoms with Crippen molar-refractivity contribution in [1.82, 2.24) is 14.9 Å². The number of nitrogens with zero attached hydrogens (tertiary/aromatic N) is 4. The number of carbonyl (C=O) groups excluding carboxylic acids is 1. The zero-order valence-corrected chi connectivity index (χ0v) is 13.8. The minimum absolute atomic E-state index is 0.0182. The third-order valence-electron chi connectivity index (χ3n) is 3.99. The summed E-state index contributed by atoms with van der Waals surface area (Å²) in [5, 5.41) is 4.33. The molecule has 0 saturated carbocycles. The number of rotatable bonds is 4. The van der Waals surface area contributed by atoms with Gasteiger partial charge in [-0.25, -0.2) is 9.97 Å². The lowest BCUT2D eigenvalue weighted by Crippen LogP contribution is -2.46. The van der Waals surface area contributed by atoms with E-state index < -0.39 is 0 Å². The second-order valence-corrected chi connectivity index (χ2v) is 6.40. The zero-order chi connectivity index (χ0) is 15.5. The molecule has 3 rings (SSSR count). The molecule has 1 saturated heterocycles. The zero-order valence-electron chi connectivity index (χ0n) is 13.0. The highest BCUT2D eigenvalue weighted by atomic mass is 32.1. The van der Waals surface area contributed by atoms with E-state index in [0.29, 0.717) is 5.56 Å². The first-order valence-corrected chi connectivity index (χ1v) is 8.41. The molecule has 0 aliphatic carbocycles. The van der Waals surface area contributed by atoms with Gasteiger partial charge in [-0.2, -0.15) is 11.3 Å². The van der Waals surface area contributed by atoms with Crippen molar-refractivity contribution < 1.29 is 4.79 Å². The minimum Gasteiger partial charge on any atom is -0.338 e. The van der Waals surface area contributed by atoms with Gasteiger partial charge in [-0.3, -0.25) is 9.69 Å². The third kappa shape index (κ3) is 3.34. The Morgan fingerprint density at radius 3 is 2.68 bits per heavy atom. The van der Waals surface area contributed by atoms with E-state index in [4.69, 9.17) is 0 Å². The molecular weight excluding hydrogens is 296 g/mol. The fraction of sp³-hybridized carbons (Fsp3) is 0.438. The molecule has 2 aromatic heterocycles. The standard InChI is InChI=1S/C16H20N4OS/c1-12-15(13(2)21)9-17-16(18-12)20-6-4-19(5-7-20)10-14-3-8-22-11-14/h3,8-9,11H,4-7,10H2,1-2H3. The molecule has 1 fully saturated rings. The van der Waals surface area contributed by atoms with Crippen LogP contribution in [0.1, 0.15) is 28.5 Å². The number of ketones is 1. The highest BCUT2D eigenvalue weighted by Crippen LogP contribution is 2.16. The Labute approximate surface area is 134 Å². The summed E-state index contributed by atoms with van der Waals surface area (Å²) in [6.45, 7) is 8.29. The summed E-state index contributed by atoms with van der Waals surface area (Å²) < 4.78 is 0. The van der Waals surface area contributed by atoms with Gasteiger partial charge in [0, 0.05) is 38.9 Å². The number of hydrogen-bond donors (Lipinski definition) is 0. The van der Waals surface area contributed by atoms with Crippen molar-refractivity contribution in [1.29, 1.82) is 0 Å². The van der Waals surface area contributed by atoms with Gasteiger partial charge in [0.1, 0.15) is 0 Å². The smallest absolute Gasteiger partial charge is 0.225 e. The second-order valence-electron chi connectivity index (χ2n) is 5.62. The van der Waals surface area contributed by atoms with Crippen molar-refractivity contribution in [2.75, 3.05) is 31.1 Å². The topological polar surface area (TPSA) is 49.3 Å². The average molecular weight is 316 g/mol. The molecule has 116 valence electrons. The molecule has 22 heavy (non-hydrogen) atoms. The molecule has 0 aromatic carbocycles. The van der Waals surface area contributed by atoms with Crippen molar-refractivity contribution in [3.8, 4) is 0 Å². The van der Waals surface area contributed by atoms with Gasteiger partial charge in [0.15, 0.2) is 5.78 Å². The molecule has 0 atom stereocenters. The van der Waals surface area contributed by atoms with Gasteiger partial charge in [0.2, 0.25) is 5.95 Å². The summed E-state index contributed by atoms with van der Waals surface area (Å²) in [7, 11) is 0. The Kier molecular flexibility index (Phi) is 4.49. The quantitative estimate of drug-likeness (QED) is 0.811. The van der Waals surface area contributed by atoms with Gasteiger partial charge in [0.05, 0.1) is 11.3 Å². The normalized spacial score (nSPS) is 16.0. The lowest BCUT2D eigenvalue weighted by molar-refractivity contribution is 0.101. The highest BCUT2D eigenvalue weighted by Gasteiger charge is 2.20. The second kappa shape index (κ2) is 6.54. The minimum atomic E-state index is 0.0182. The van der Waals surface area contributed by atoms with E-state index >= 15 is 0 Å². The molecule has 0 unspecified atom stereocenters.